The molecule has 2 aromatic rings. The minimum atomic E-state index is 0.135. The van der Waals surface area contributed by atoms with Crippen LogP contribution in [0, 0.1) is 20.8 Å². The Morgan fingerprint density at radius 2 is 1.72 bits per heavy atom. The van der Waals surface area contributed by atoms with Crippen molar-refractivity contribution in [3.8, 4) is 0 Å². The van der Waals surface area contributed by atoms with E-state index in [-0.39, 0.29) is 5.91 Å². The SMILES string of the molecule is CC(=O)N1CCN(c2cc(C)nc(Nc3ccc(C)c(C)c3)n2)CC1. The monoisotopic (exact) mass is 339 g/mol. The van der Waals surface area contributed by atoms with Crippen molar-refractivity contribution >= 4 is 23.4 Å². The molecule has 0 aliphatic carbocycles. The van der Waals surface area contributed by atoms with E-state index in [1.807, 2.05) is 24.0 Å². The summed E-state index contributed by atoms with van der Waals surface area (Å²) < 4.78 is 0. The van der Waals surface area contributed by atoms with Crippen molar-refractivity contribution in [2.45, 2.75) is 27.7 Å². The van der Waals surface area contributed by atoms with E-state index in [9.17, 15) is 4.79 Å². The maximum absolute atomic E-state index is 11.5. The van der Waals surface area contributed by atoms with Crippen LogP contribution in [0.3, 0.4) is 0 Å². The third-order valence-electron chi connectivity index (χ3n) is 4.65. The number of aryl methyl sites for hydroxylation is 3. The number of amides is 1. The van der Waals surface area contributed by atoms with Crippen LogP contribution < -0.4 is 10.2 Å². The zero-order valence-corrected chi connectivity index (χ0v) is 15.3. The summed E-state index contributed by atoms with van der Waals surface area (Å²) in [5.74, 6) is 1.64. The maximum atomic E-state index is 11.5. The lowest BCUT2D eigenvalue weighted by molar-refractivity contribution is -0.129. The fraction of sp³-hybridized carbons (Fsp3) is 0.421. The van der Waals surface area contributed by atoms with E-state index in [1.54, 1.807) is 6.92 Å². The molecule has 0 unspecified atom stereocenters. The molecule has 25 heavy (non-hydrogen) atoms. The Balaban J connectivity index is 1.76. The van der Waals surface area contributed by atoms with Gasteiger partial charge in [0, 0.05) is 50.6 Å². The smallest absolute Gasteiger partial charge is 0.229 e. The Hall–Kier alpha value is -2.63. The summed E-state index contributed by atoms with van der Waals surface area (Å²) in [5, 5.41) is 3.31. The van der Waals surface area contributed by atoms with Crippen molar-refractivity contribution in [1.29, 1.82) is 0 Å². The summed E-state index contributed by atoms with van der Waals surface area (Å²) in [4.78, 5) is 24.7. The third-order valence-corrected chi connectivity index (χ3v) is 4.65. The van der Waals surface area contributed by atoms with Gasteiger partial charge in [-0.05, 0) is 44.0 Å². The highest BCUT2D eigenvalue weighted by Gasteiger charge is 2.20. The number of nitrogens with zero attached hydrogens (tertiary/aromatic N) is 4. The average molecular weight is 339 g/mol. The van der Waals surface area contributed by atoms with Crippen molar-refractivity contribution < 1.29 is 4.79 Å². The Morgan fingerprint density at radius 3 is 2.36 bits per heavy atom. The van der Waals surface area contributed by atoms with Crippen LogP contribution in [0.25, 0.3) is 0 Å². The van der Waals surface area contributed by atoms with E-state index < -0.39 is 0 Å². The second-order valence-corrected chi connectivity index (χ2v) is 6.61. The van der Waals surface area contributed by atoms with Crippen molar-refractivity contribution in [2.24, 2.45) is 0 Å². The average Bonchev–Trinajstić information content (AvgIpc) is 2.58. The molecule has 6 nitrogen and oxygen atoms in total. The fourth-order valence-electron chi connectivity index (χ4n) is 2.97. The molecule has 1 saturated heterocycles. The van der Waals surface area contributed by atoms with E-state index in [4.69, 9.17) is 0 Å². The van der Waals surface area contributed by atoms with Gasteiger partial charge in [-0.15, -0.1) is 0 Å². The largest absolute Gasteiger partial charge is 0.353 e. The van der Waals surface area contributed by atoms with Crippen molar-refractivity contribution in [2.75, 3.05) is 36.4 Å². The molecule has 1 aliphatic rings. The lowest BCUT2D eigenvalue weighted by Gasteiger charge is -2.35. The zero-order chi connectivity index (χ0) is 18.0. The molecular formula is C19H25N5O. The van der Waals surface area contributed by atoms with Crippen LogP contribution in [0.1, 0.15) is 23.7 Å². The highest BCUT2D eigenvalue weighted by atomic mass is 16.2. The number of hydrogen-bond acceptors (Lipinski definition) is 5. The van der Waals surface area contributed by atoms with E-state index in [0.717, 1.165) is 43.4 Å². The van der Waals surface area contributed by atoms with E-state index in [0.29, 0.717) is 5.95 Å². The predicted octanol–water partition coefficient (Wildman–Crippen LogP) is 2.81. The van der Waals surface area contributed by atoms with Crippen molar-refractivity contribution in [1.82, 2.24) is 14.9 Å². The fourth-order valence-corrected chi connectivity index (χ4v) is 2.97. The van der Waals surface area contributed by atoms with Crippen LogP contribution in [0.15, 0.2) is 24.3 Å². The first kappa shape index (κ1) is 17.2. The molecule has 0 saturated carbocycles. The normalized spacial score (nSPS) is 14.6. The lowest BCUT2D eigenvalue weighted by Crippen LogP contribution is -2.48. The number of piperazine rings is 1. The first-order valence-corrected chi connectivity index (χ1v) is 8.63. The Bertz CT molecular complexity index is 781. The second-order valence-electron chi connectivity index (χ2n) is 6.61. The summed E-state index contributed by atoms with van der Waals surface area (Å²) >= 11 is 0. The Morgan fingerprint density at radius 1 is 1.00 bits per heavy atom. The minimum Gasteiger partial charge on any atom is -0.353 e. The van der Waals surface area contributed by atoms with Crippen molar-refractivity contribution in [3.63, 3.8) is 0 Å². The number of rotatable bonds is 3. The molecule has 0 spiro atoms. The summed E-state index contributed by atoms with van der Waals surface area (Å²) in [7, 11) is 0. The van der Waals surface area contributed by atoms with Gasteiger partial charge in [0.05, 0.1) is 0 Å². The van der Waals surface area contributed by atoms with Gasteiger partial charge < -0.3 is 15.1 Å². The van der Waals surface area contributed by atoms with Crippen LogP contribution in [-0.4, -0.2) is 47.0 Å². The first-order valence-electron chi connectivity index (χ1n) is 8.63. The highest BCUT2D eigenvalue weighted by Crippen LogP contribution is 2.21. The molecule has 0 bridgehead atoms. The topological polar surface area (TPSA) is 61.4 Å². The van der Waals surface area contributed by atoms with Crippen LogP contribution in [0.5, 0.6) is 0 Å². The number of hydrogen-bond donors (Lipinski definition) is 1. The molecule has 1 aromatic carbocycles. The van der Waals surface area contributed by atoms with Gasteiger partial charge in [-0.3, -0.25) is 4.79 Å². The van der Waals surface area contributed by atoms with Gasteiger partial charge in [-0.25, -0.2) is 4.98 Å². The van der Waals surface area contributed by atoms with Gasteiger partial charge in [0.2, 0.25) is 11.9 Å². The zero-order valence-electron chi connectivity index (χ0n) is 15.3. The molecule has 1 amide bonds. The molecule has 1 aromatic heterocycles. The van der Waals surface area contributed by atoms with E-state index in [2.05, 4.69) is 46.2 Å². The third kappa shape index (κ3) is 4.07. The van der Waals surface area contributed by atoms with Crippen LogP contribution in [-0.2, 0) is 4.79 Å². The van der Waals surface area contributed by atoms with Gasteiger partial charge in [0.1, 0.15) is 5.82 Å². The molecule has 1 N–H and O–H groups in total. The van der Waals surface area contributed by atoms with Crippen LogP contribution in [0.2, 0.25) is 0 Å². The summed E-state index contributed by atoms with van der Waals surface area (Å²) in [5.41, 5.74) is 4.41. The van der Waals surface area contributed by atoms with Crippen LogP contribution in [0.4, 0.5) is 17.5 Å². The van der Waals surface area contributed by atoms with E-state index in [1.165, 1.54) is 11.1 Å². The second kappa shape index (κ2) is 7.09. The Labute approximate surface area is 148 Å². The van der Waals surface area contributed by atoms with Crippen molar-refractivity contribution in [3.05, 3.63) is 41.1 Å². The summed E-state index contributed by atoms with van der Waals surface area (Å²) in [6.45, 7) is 10.8. The number of carbonyl (C=O) groups excluding carboxylic acids is 1. The molecule has 3 rings (SSSR count). The summed E-state index contributed by atoms with van der Waals surface area (Å²) in [6.07, 6.45) is 0. The molecule has 0 radical (unpaired) electrons. The van der Waals surface area contributed by atoms with Gasteiger partial charge in [0.25, 0.3) is 0 Å². The van der Waals surface area contributed by atoms with Gasteiger partial charge in [0.15, 0.2) is 0 Å². The standard InChI is InChI=1S/C19H25N5O/c1-13-5-6-17(11-14(13)2)21-19-20-15(3)12-18(22-19)24-9-7-23(8-10-24)16(4)25/h5-6,11-12H,7-10H2,1-4H3,(H,20,21,22). The van der Waals surface area contributed by atoms with Gasteiger partial charge >= 0.3 is 0 Å². The minimum absolute atomic E-state index is 0.135. The number of aromatic nitrogens is 2. The number of carbonyl (C=O) groups is 1. The van der Waals surface area contributed by atoms with Crippen LogP contribution >= 0.6 is 0 Å². The quantitative estimate of drug-likeness (QED) is 0.932. The molecule has 1 aliphatic heterocycles. The lowest BCUT2D eigenvalue weighted by atomic mass is 10.1. The molecule has 0 atom stereocenters. The molecule has 132 valence electrons. The first-order chi connectivity index (χ1) is 11.9. The van der Waals surface area contributed by atoms with Gasteiger partial charge in [-0.1, -0.05) is 6.07 Å². The molecule has 6 heteroatoms. The number of nitrogens with one attached hydrogen (secondary N) is 1. The summed E-state index contributed by atoms with van der Waals surface area (Å²) in [6, 6.07) is 8.23. The number of anilines is 3. The van der Waals surface area contributed by atoms with E-state index >= 15 is 0 Å². The highest BCUT2D eigenvalue weighted by molar-refractivity contribution is 5.73. The predicted molar refractivity (Wildman–Crippen MR) is 100 cm³/mol. The molecule has 2 heterocycles. The molecule has 1 fully saturated rings. The molecular weight excluding hydrogens is 314 g/mol. The van der Waals surface area contributed by atoms with Gasteiger partial charge in [-0.2, -0.15) is 4.98 Å². The maximum Gasteiger partial charge on any atom is 0.229 e. The number of benzene rings is 1. The Kier molecular flexibility index (Phi) is 4.88.